The zero-order chi connectivity index (χ0) is 12.0. The Balaban J connectivity index is 2.51. The highest BCUT2D eigenvalue weighted by atomic mass is 16.5. The van der Waals surface area contributed by atoms with Crippen molar-refractivity contribution in [2.24, 2.45) is 5.73 Å². The first-order valence-corrected chi connectivity index (χ1v) is 5.90. The van der Waals surface area contributed by atoms with Gasteiger partial charge in [-0.15, -0.1) is 0 Å². The van der Waals surface area contributed by atoms with Gasteiger partial charge in [0.05, 0.1) is 18.2 Å². The zero-order valence-electron chi connectivity index (χ0n) is 9.87. The van der Waals surface area contributed by atoms with Gasteiger partial charge >= 0.3 is 0 Å². The van der Waals surface area contributed by atoms with Crippen molar-refractivity contribution in [2.45, 2.75) is 44.2 Å². The minimum absolute atomic E-state index is 0.0546. The Kier molecular flexibility index (Phi) is 5.18. The molecule has 0 aliphatic carbocycles. The average Bonchev–Trinajstić information content (AvgIpc) is 2.30. The standard InChI is InChI=1S/C11H22N2O3/c1-2-3-9(12)10(15)13-11(8-14)4-6-16-7-5-11/h9,14H,2-8,12H2,1H3,(H,13,15)/t9-/m0/s1. The third-order valence-electron chi connectivity index (χ3n) is 3.08. The van der Waals surface area contributed by atoms with Crippen molar-refractivity contribution < 1.29 is 14.6 Å². The van der Waals surface area contributed by atoms with Gasteiger partial charge in [0.1, 0.15) is 0 Å². The Labute approximate surface area is 96.3 Å². The van der Waals surface area contributed by atoms with Crippen LogP contribution in [0.3, 0.4) is 0 Å². The second kappa shape index (κ2) is 6.18. The molecule has 0 radical (unpaired) electrons. The molecule has 1 rings (SSSR count). The first-order valence-electron chi connectivity index (χ1n) is 5.90. The normalized spacial score (nSPS) is 21.4. The third-order valence-corrected chi connectivity index (χ3v) is 3.08. The van der Waals surface area contributed by atoms with Crippen LogP contribution in [-0.2, 0) is 9.53 Å². The lowest BCUT2D eigenvalue weighted by Crippen LogP contribution is -2.58. The summed E-state index contributed by atoms with van der Waals surface area (Å²) in [5.74, 6) is -0.169. The molecule has 0 unspecified atom stereocenters. The fraction of sp³-hybridized carbons (Fsp3) is 0.909. The molecular weight excluding hydrogens is 208 g/mol. The van der Waals surface area contributed by atoms with Crippen molar-refractivity contribution in [3.05, 3.63) is 0 Å². The van der Waals surface area contributed by atoms with Crippen molar-refractivity contribution in [1.82, 2.24) is 5.32 Å². The van der Waals surface area contributed by atoms with E-state index < -0.39 is 11.6 Å². The zero-order valence-corrected chi connectivity index (χ0v) is 9.87. The summed E-state index contributed by atoms with van der Waals surface area (Å²) in [4.78, 5) is 11.8. The minimum Gasteiger partial charge on any atom is -0.394 e. The molecular formula is C11H22N2O3. The quantitative estimate of drug-likeness (QED) is 0.609. The molecule has 0 bridgehead atoms. The number of hydrogen-bond acceptors (Lipinski definition) is 4. The van der Waals surface area contributed by atoms with Crippen LogP contribution < -0.4 is 11.1 Å². The molecule has 0 saturated carbocycles. The van der Waals surface area contributed by atoms with E-state index in [0.717, 1.165) is 6.42 Å². The molecule has 1 heterocycles. The molecule has 0 aromatic heterocycles. The Bertz CT molecular complexity index is 227. The summed E-state index contributed by atoms with van der Waals surface area (Å²) < 4.78 is 5.22. The van der Waals surface area contributed by atoms with E-state index in [9.17, 15) is 9.90 Å². The number of aliphatic hydroxyl groups excluding tert-OH is 1. The van der Waals surface area contributed by atoms with Gasteiger partial charge in [0.15, 0.2) is 0 Å². The predicted molar refractivity (Wildman–Crippen MR) is 60.9 cm³/mol. The highest BCUT2D eigenvalue weighted by Gasteiger charge is 2.34. The van der Waals surface area contributed by atoms with E-state index in [1.54, 1.807) is 0 Å². The number of carbonyl (C=O) groups excluding carboxylic acids is 1. The molecule has 0 spiro atoms. The third kappa shape index (κ3) is 3.43. The van der Waals surface area contributed by atoms with Crippen LogP contribution in [0.5, 0.6) is 0 Å². The second-order valence-electron chi connectivity index (χ2n) is 4.44. The van der Waals surface area contributed by atoms with Gasteiger partial charge in [-0.3, -0.25) is 4.79 Å². The van der Waals surface area contributed by atoms with Crippen molar-refractivity contribution in [1.29, 1.82) is 0 Å². The average molecular weight is 230 g/mol. The molecule has 1 saturated heterocycles. The largest absolute Gasteiger partial charge is 0.394 e. The second-order valence-corrected chi connectivity index (χ2v) is 4.44. The monoisotopic (exact) mass is 230 g/mol. The van der Waals surface area contributed by atoms with Crippen LogP contribution in [0.1, 0.15) is 32.6 Å². The molecule has 0 aromatic rings. The van der Waals surface area contributed by atoms with E-state index in [2.05, 4.69) is 5.32 Å². The number of amides is 1. The first kappa shape index (κ1) is 13.4. The summed E-state index contributed by atoms with van der Waals surface area (Å²) in [6.45, 7) is 3.08. The molecule has 5 heteroatoms. The van der Waals surface area contributed by atoms with Gasteiger partial charge < -0.3 is 20.9 Å². The Morgan fingerprint density at radius 3 is 2.69 bits per heavy atom. The molecule has 1 aliphatic heterocycles. The van der Waals surface area contributed by atoms with Crippen molar-refractivity contribution in [2.75, 3.05) is 19.8 Å². The van der Waals surface area contributed by atoms with Crippen LogP contribution in [0.15, 0.2) is 0 Å². The molecule has 1 fully saturated rings. The Morgan fingerprint density at radius 2 is 2.19 bits per heavy atom. The maximum Gasteiger partial charge on any atom is 0.237 e. The first-order chi connectivity index (χ1) is 7.63. The molecule has 1 atom stereocenters. The van der Waals surface area contributed by atoms with E-state index in [1.165, 1.54) is 0 Å². The van der Waals surface area contributed by atoms with Crippen LogP contribution in [0, 0.1) is 0 Å². The van der Waals surface area contributed by atoms with E-state index in [1.807, 2.05) is 6.92 Å². The van der Waals surface area contributed by atoms with Crippen LogP contribution >= 0.6 is 0 Å². The molecule has 4 N–H and O–H groups in total. The number of aliphatic hydroxyl groups is 1. The van der Waals surface area contributed by atoms with Crippen LogP contribution in [0.4, 0.5) is 0 Å². The lowest BCUT2D eigenvalue weighted by Gasteiger charge is -2.37. The van der Waals surface area contributed by atoms with Crippen LogP contribution in [0.2, 0.25) is 0 Å². The number of hydrogen-bond donors (Lipinski definition) is 3. The lowest BCUT2D eigenvalue weighted by atomic mass is 9.90. The Morgan fingerprint density at radius 1 is 1.56 bits per heavy atom. The minimum atomic E-state index is -0.527. The molecule has 1 aliphatic rings. The summed E-state index contributed by atoms with van der Waals surface area (Å²) in [6, 6.07) is -0.476. The SMILES string of the molecule is CCC[C@H](N)C(=O)NC1(CO)CCOCC1. The van der Waals surface area contributed by atoms with Gasteiger partial charge in [-0.25, -0.2) is 0 Å². The summed E-state index contributed by atoms with van der Waals surface area (Å²) in [7, 11) is 0. The fourth-order valence-corrected chi connectivity index (χ4v) is 1.88. The number of carbonyl (C=O) groups is 1. The highest BCUT2D eigenvalue weighted by molar-refractivity contribution is 5.82. The number of ether oxygens (including phenoxy) is 1. The van der Waals surface area contributed by atoms with Crippen molar-refractivity contribution in [3.8, 4) is 0 Å². The summed E-state index contributed by atoms with van der Waals surface area (Å²) in [5, 5.41) is 12.3. The maximum absolute atomic E-state index is 11.8. The van der Waals surface area contributed by atoms with Crippen LogP contribution in [-0.4, -0.2) is 42.4 Å². The molecule has 94 valence electrons. The van der Waals surface area contributed by atoms with E-state index in [0.29, 0.717) is 32.5 Å². The van der Waals surface area contributed by atoms with Gasteiger partial charge in [0.25, 0.3) is 0 Å². The van der Waals surface area contributed by atoms with Crippen LogP contribution in [0.25, 0.3) is 0 Å². The summed E-state index contributed by atoms with van der Waals surface area (Å²) in [5.41, 5.74) is 5.21. The van der Waals surface area contributed by atoms with Gasteiger partial charge in [0, 0.05) is 13.2 Å². The lowest BCUT2D eigenvalue weighted by molar-refractivity contribution is -0.126. The highest BCUT2D eigenvalue weighted by Crippen LogP contribution is 2.20. The van der Waals surface area contributed by atoms with Gasteiger partial charge in [0.2, 0.25) is 5.91 Å². The predicted octanol–water partition coefficient (Wildman–Crippen LogP) is -0.228. The molecule has 1 amide bonds. The fourth-order valence-electron chi connectivity index (χ4n) is 1.88. The van der Waals surface area contributed by atoms with Gasteiger partial charge in [-0.1, -0.05) is 13.3 Å². The molecule has 16 heavy (non-hydrogen) atoms. The number of nitrogens with one attached hydrogen (secondary N) is 1. The van der Waals surface area contributed by atoms with Gasteiger partial charge in [-0.05, 0) is 19.3 Å². The number of nitrogens with two attached hydrogens (primary N) is 1. The number of rotatable bonds is 5. The molecule has 0 aromatic carbocycles. The summed E-state index contributed by atoms with van der Waals surface area (Å²) >= 11 is 0. The smallest absolute Gasteiger partial charge is 0.237 e. The van der Waals surface area contributed by atoms with E-state index in [4.69, 9.17) is 10.5 Å². The van der Waals surface area contributed by atoms with Crippen molar-refractivity contribution >= 4 is 5.91 Å². The van der Waals surface area contributed by atoms with Gasteiger partial charge in [-0.2, -0.15) is 0 Å². The maximum atomic E-state index is 11.8. The van der Waals surface area contributed by atoms with E-state index in [-0.39, 0.29) is 12.5 Å². The Hall–Kier alpha value is -0.650. The molecule has 5 nitrogen and oxygen atoms in total. The van der Waals surface area contributed by atoms with E-state index >= 15 is 0 Å². The van der Waals surface area contributed by atoms with Crippen molar-refractivity contribution in [3.63, 3.8) is 0 Å². The topological polar surface area (TPSA) is 84.6 Å². The summed E-state index contributed by atoms with van der Waals surface area (Å²) in [6.07, 6.45) is 2.84.